The number of aromatic nitrogens is 1. The standard InChI is InChI=1S/C9H7IN2O3S/c10-7-2-1-3-8(4-7)12-16(13,14)9-5-11-6-15-9/h1-6,12H. The van der Waals surface area contributed by atoms with E-state index in [1.807, 2.05) is 6.07 Å². The van der Waals surface area contributed by atoms with Crippen molar-refractivity contribution in [3.05, 3.63) is 40.4 Å². The average molecular weight is 350 g/mol. The van der Waals surface area contributed by atoms with E-state index in [2.05, 4.69) is 32.3 Å². The Morgan fingerprint density at radius 2 is 2.19 bits per heavy atom. The third kappa shape index (κ3) is 2.53. The summed E-state index contributed by atoms with van der Waals surface area (Å²) in [4.78, 5) is 3.56. The molecule has 0 bridgehead atoms. The van der Waals surface area contributed by atoms with E-state index in [0.29, 0.717) is 5.69 Å². The van der Waals surface area contributed by atoms with Gasteiger partial charge < -0.3 is 4.42 Å². The number of sulfonamides is 1. The molecule has 16 heavy (non-hydrogen) atoms. The summed E-state index contributed by atoms with van der Waals surface area (Å²) in [6, 6.07) is 7.01. The molecule has 0 aliphatic rings. The fourth-order valence-electron chi connectivity index (χ4n) is 1.09. The van der Waals surface area contributed by atoms with E-state index < -0.39 is 10.0 Å². The van der Waals surface area contributed by atoms with Crippen LogP contribution in [-0.2, 0) is 10.0 Å². The minimum atomic E-state index is -3.67. The van der Waals surface area contributed by atoms with Crippen LogP contribution in [0.4, 0.5) is 5.69 Å². The van der Waals surface area contributed by atoms with Gasteiger partial charge in [0, 0.05) is 9.26 Å². The van der Waals surface area contributed by atoms with Gasteiger partial charge in [0.1, 0.15) is 0 Å². The van der Waals surface area contributed by atoms with Gasteiger partial charge in [-0.2, -0.15) is 8.42 Å². The van der Waals surface area contributed by atoms with Crippen LogP contribution in [0.3, 0.4) is 0 Å². The number of nitrogens with one attached hydrogen (secondary N) is 1. The van der Waals surface area contributed by atoms with Crippen LogP contribution < -0.4 is 4.72 Å². The molecule has 1 heterocycles. The highest BCUT2D eigenvalue weighted by atomic mass is 127. The van der Waals surface area contributed by atoms with Gasteiger partial charge in [-0.3, -0.25) is 4.72 Å². The van der Waals surface area contributed by atoms with Gasteiger partial charge in [0.25, 0.3) is 15.1 Å². The van der Waals surface area contributed by atoms with Crippen LogP contribution >= 0.6 is 22.6 Å². The molecule has 5 nitrogen and oxygen atoms in total. The zero-order valence-corrected chi connectivity index (χ0v) is 10.9. The molecule has 7 heteroatoms. The smallest absolute Gasteiger partial charge is 0.297 e. The Morgan fingerprint density at radius 3 is 2.81 bits per heavy atom. The number of halogens is 1. The lowest BCUT2D eigenvalue weighted by atomic mass is 10.3. The van der Waals surface area contributed by atoms with Crippen molar-refractivity contribution in [1.82, 2.24) is 4.98 Å². The van der Waals surface area contributed by atoms with Crippen molar-refractivity contribution in [2.45, 2.75) is 5.09 Å². The van der Waals surface area contributed by atoms with Crippen LogP contribution in [0.5, 0.6) is 0 Å². The largest absolute Gasteiger partial charge is 0.430 e. The Bertz CT molecular complexity index is 581. The van der Waals surface area contributed by atoms with Gasteiger partial charge in [0.15, 0.2) is 6.39 Å². The Morgan fingerprint density at radius 1 is 1.38 bits per heavy atom. The quantitative estimate of drug-likeness (QED) is 0.861. The monoisotopic (exact) mass is 350 g/mol. The van der Waals surface area contributed by atoms with Crippen molar-refractivity contribution in [1.29, 1.82) is 0 Å². The molecular formula is C9H7IN2O3S. The van der Waals surface area contributed by atoms with Crippen LogP contribution in [0, 0.1) is 3.57 Å². The minimum absolute atomic E-state index is 0.202. The number of rotatable bonds is 3. The summed E-state index contributed by atoms with van der Waals surface area (Å²) in [6.07, 6.45) is 2.22. The zero-order chi connectivity index (χ0) is 11.6. The maximum Gasteiger partial charge on any atom is 0.297 e. The van der Waals surface area contributed by atoms with Crippen molar-refractivity contribution in [2.24, 2.45) is 0 Å². The summed E-state index contributed by atoms with van der Waals surface area (Å²) in [7, 11) is -3.67. The molecule has 0 radical (unpaired) electrons. The fraction of sp³-hybridized carbons (Fsp3) is 0. The lowest BCUT2D eigenvalue weighted by Crippen LogP contribution is -2.12. The third-order valence-electron chi connectivity index (χ3n) is 1.75. The van der Waals surface area contributed by atoms with Gasteiger partial charge in [-0.15, -0.1) is 0 Å². The SMILES string of the molecule is O=S(=O)(Nc1cccc(I)c1)c1cnco1. The molecule has 0 fully saturated rings. The van der Waals surface area contributed by atoms with E-state index >= 15 is 0 Å². The number of oxazole rings is 1. The molecule has 1 N–H and O–H groups in total. The van der Waals surface area contributed by atoms with Gasteiger partial charge in [-0.25, -0.2) is 4.98 Å². The summed E-state index contributed by atoms with van der Waals surface area (Å²) >= 11 is 2.10. The highest BCUT2D eigenvalue weighted by Crippen LogP contribution is 2.17. The zero-order valence-electron chi connectivity index (χ0n) is 7.92. The second-order valence-electron chi connectivity index (χ2n) is 2.94. The molecule has 2 aromatic rings. The number of hydrogen-bond acceptors (Lipinski definition) is 4. The van der Waals surface area contributed by atoms with E-state index in [1.165, 1.54) is 0 Å². The van der Waals surface area contributed by atoms with Gasteiger partial charge in [-0.1, -0.05) is 6.07 Å². The molecule has 0 saturated heterocycles. The van der Waals surface area contributed by atoms with Crippen LogP contribution in [0.2, 0.25) is 0 Å². The molecule has 1 aromatic carbocycles. The predicted molar refractivity (Wildman–Crippen MR) is 66.5 cm³/mol. The normalized spacial score (nSPS) is 11.3. The molecule has 0 aliphatic carbocycles. The number of anilines is 1. The Hall–Kier alpha value is -1.09. The molecular weight excluding hydrogens is 343 g/mol. The summed E-state index contributed by atoms with van der Waals surface area (Å²) in [5.74, 6) is 0. The summed E-state index contributed by atoms with van der Waals surface area (Å²) in [5, 5.41) is -0.202. The van der Waals surface area contributed by atoms with Gasteiger partial charge >= 0.3 is 0 Å². The molecule has 2 rings (SSSR count). The summed E-state index contributed by atoms with van der Waals surface area (Å²) in [5.41, 5.74) is 0.489. The Labute approximate surface area is 106 Å². The molecule has 0 saturated carbocycles. The molecule has 0 atom stereocenters. The molecule has 0 amide bonds. The average Bonchev–Trinajstić information content (AvgIpc) is 2.69. The molecule has 1 aromatic heterocycles. The fourth-order valence-corrected chi connectivity index (χ4v) is 2.54. The van der Waals surface area contributed by atoms with Gasteiger partial charge in [0.05, 0.1) is 6.20 Å². The van der Waals surface area contributed by atoms with Crippen LogP contribution in [0.25, 0.3) is 0 Å². The summed E-state index contributed by atoms with van der Waals surface area (Å²) in [6.45, 7) is 0. The highest BCUT2D eigenvalue weighted by molar-refractivity contribution is 14.1. The first-order valence-electron chi connectivity index (χ1n) is 4.25. The third-order valence-corrected chi connectivity index (χ3v) is 3.66. The van der Waals surface area contributed by atoms with E-state index in [-0.39, 0.29) is 5.09 Å². The highest BCUT2D eigenvalue weighted by Gasteiger charge is 2.17. The van der Waals surface area contributed by atoms with E-state index in [0.717, 1.165) is 16.2 Å². The van der Waals surface area contributed by atoms with Gasteiger partial charge in [-0.05, 0) is 40.8 Å². The second kappa shape index (κ2) is 4.42. The Kier molecular flexibility index (Phi) is 3.15. The maximum atomic E-state index is 11.7. The van der Waals surface area contributed by atoms with Crippen LogP contribution in [0.15, 0.2) is 46.4 Å². The van der Waals surface area contributed by atoms with E-state index in [4.69, 9.17) is 4.42 Å². The van der Waals surface area contributed by atoms with Crippen molar-refractivity contribution in [3.63, 3.8) is 0 Å². The number of hydrogen-bond donors (Lipinski definition) is 1. The minimum Gasteiger partial charge on any atom is -0.430 e. The molecule has 0 spiro atoms. The molecule has 84 valence electrons. The maximum absolute atomic E-state index is 11.7. The lowest BCUT2D eigenvalue weighted by molar-refractivity contribution is 0.448. The first kappa shape index (κ1) is 11.4. The van der Waals surface area contributed by atoms with Gasteiger partial charge in [0.2, 0.25) is 0 Å². The first-order chi connectivity index (χ1) is 7.58. The molecule has 0 aliphatic heterocycles. The van der Waals surface area contributed by atoms with Crippen molar-refractivity contribution < 1.29 is 12.8 Å². The van der Waals surface area contributed by atoms with E-state index in [1.54, 1.807) is 18.2 Å². The molecule has 0 unspecified atom stereocenters. The lowest BCUT2D eigenvalue weighted by Gasteiger charge is -2.04. The first-order valence-corrected chi connectivity index (χ1v) is 6.81. The number of benzene rings is 1. The predicted octanol–water partition coefficient (Wildman–Crippen LogP) is 2.08. The van der Waals surface area contributed by atoms with Crippen LogP contribution in [0.1, 0.15) is 0 Å². The van der Waals surface area contributed by atoms with E-state index in [9.17, 15) is 8.42 Å². The second-order valence-corrected chi connectivity index (χ2v) is 5.80. The summed E-state index contributed by atoms with van der Waals surface area (Å²) < 4.78 is 31.5. The topological polar surface area (TPSA) is 72.2 Å². The van der Waals surface area contributed by atoms with Crippen molar-refractivity contribution in [3.8, 4) is 0 Å². The number of nitrogens with zero attached hydrogens (tertiary/aromatic N) is 1. The van der Waals surface area contributed by atoms with Crippen molar-refractivity contribution in [2.75, 3.05) is 4.72 Å². The van der Waals surface area contributed by atoms with Crippen molar-refractivity contribution >= 4 is 38.3 Å². The van der Waals surface area contributed by atoms with Crippen LogP contribution in [-0.4, -0.2) is 13.4 Å². The Balaban J connectivity index is 2.29.